The van der Waals surface area contributed by atoms with Crippen molar-refractivity contribution in [1.82, 2.24) is 20.0 Å². The van der Waals surface area contributed by atoms with Crippen LogP contribution in [-0.2, 0) is 6.54 Å². The molecule has 24 heavy (non-hydrogen) atoms. The van der Waals surface area contributed by atoms with E-state index in [-0.39, 0.29) is 17.8 Å². The summed E-state index contributed by atoms with van der Waals surface area (Å²) in [6, 6.07) is 9.04. The van der Waals surface area contributed by atoms with Crippen molar-refractivity contribution in [1.29, 1.82) is 0 Å². The number of aromatic hydroxyl groups is 1. The van der Waals surface area contributed by atoms with Crippen molar-refractivity contribution in [2.45, 2.75) is 19.5 Å². The molecule has 1 saturated heterocycles. The molecule has 7 heteroatoms. The Morgan fingerprint density at radius 2 is 1.96 bits per heavy atom. The Balaban J connectivity index is 1.47. The van der Waals surface area contributed by atoms with Gasteiger partial charge < -0.3 is 20.2 Å². The number of phenols is 1. The number of hydrogen-bond acceptors (Lipinski definition) is 4. The van der Waals surface area contributed by atoms with Crippen LogP contribution in [0.25, 0.3) is 0 Å². The minimum atomic E-state index is -0.0278. The van der Waals surface area contributed by atoms with Gasteiger partial charge in [-0.25, -0.2) is 4.79 Å². The molecule has 0 bridgehead atoms. The van der Waals surface area contributed by atoms with Crippen molar-refractivity contribution in [3.05, 3.63) is 42.7 Å². The molecule has 0 spiro atoms. The molecule has 1 aliphatic heterocycles. The van der Waals surface area contributed by atoms with Crippen LogP contribution in [0.3, 0.4) is 0 Å². The highest BCUT2D eigenvalue weighted by molar-refractivity contribution is 5.74. The number of nitrogens with one attached hydrogen (secondary N) is 1. The molecule has 2 heterocycles. The van der Waals surface area contributed by atoms with Gasteiger partial charge in [0.2, 0.25) is 0 Å². The number of nitrogens with zero attached hydrogens (tertiary/aromatic N) is 4. The smallest absolute Gasteiger partial charge is 0.317 e. The fourth-order valence-corrected chi connectivity index (χ4v) is 2.87. The predicted molar refractivity (Wildman–Crippen MR) is 92.1 cm³/mol. The maximum atomic E-state index is 12.4. The predicted octanol–water partition coefficient (Wildman–Crippen LogP) is 1.51. The summed E-state index contributed by atoms with van der Waals surface area (Å²) in [6.07, 6.45) is 3.62. The molecule has 1 aromatic carbocycles. The highest BCUT2D eigenvalue weighted by Crippen LogP contribution is 2.19. The zero-order valence-corrected chi connectivity index (χ0v) is 13.8. The lowest BCUT2D eigenvalue weighted by Crippen LogP contribution is -2.53. The first kappa shape index (κ1) is 16.2. The molecule has 128 valence electrons. The van der Waals surface area contributed by atoms with Gasteiger partial charge in [0, 0.05) is 50.3 Å². The number of benzene rings is 1. The minimum absolute atomic E-state index is 0.0209. The lowest BCUT2D eigenvalue weighted by atomic mass is 10.2. The van der Waals surface area contributed by atoms with Crippen LogP contribution in [-0.4, -0.2) is 58.0 Å². The van der Waals surface area contributed by atoms with Gasteiger partial charge in [-0.05, 0) is 37.3 Å². The Morgan fingerprint density at radius 3 is 2.58 bits per heavy atom. The third-order valence-electron chi connectivity index (χ3n) is 4.17. The van der Waals surface area contributed by atoms with Gasteiger partial charge >= 0.3 is 6.03 Å². The van der Waals surface area contributed by atoms with Crippen molar-refractivity contribution in [2.75, 3.05) is 31.1 Å². The van der Waals surface area contributed by atoms with Crippen LogP contribution in [0.2, 0.25) is 0 Å². The largest absolute Gasteiger partial charge is 0.508 e. The first-order valence-electron chi connectivity index (χ1n) is 8.18. The lowest BCUT2D eigenvalue weighted by molar-refractivity contribution is 0.189. The van der Waals surface area contributed by atoms with Crippen LogP contribution in [0.5, 0.6) is 5.75 Å². The van der Waals surface area contributed by atoms with E-state index >= 15 is 0 Å². The average molecular weight is 329 g/mol. The van der Waals surface area contributed by atoms with Gasteiger partial charge in [-0.1, -0.05) is 0 Å². The van der Waals surface area contributed by atoms with Gasteiger partial charge in [-0.3, -0.25) is 4.68 Å². The molecule has 1 aromatic heterocycles. The number of anilines is 1. The van der Waals surface area contributed by atoms with Crippen LogP contribution < -0.4 is 10.2 Å². The van der Waals surface area contributed by atoms with Gasteiger partial charge in [0.05, 0.1) is 6.54 Å². The highest BCUT2D eigenvalue weighted by atomic mass is 16.3. The van der Waals surface area contributed by atoms with Gasteiger partial charge in [-0.15, -0.1) is 0 Å². The molecule has 2 aromatic rings. The van der Waals surface area contributed by atoms with E-state index in [0.717, 1.165) is 18.8 Å². The van der Waals surface area contributed by atoms with Gasteiger partial charge in [0.15, 0.2) is 0 Å². The first-order valence-corrected chi connectivity index (χ1v) is 8.18. The van der Waals surface area contributed by atoms with Crippen LogP contribution in [0.4, 0.5) is 10.5 Å². The van der Waals surface area contributed by atoms with Gasteiger partial charge in [0.25, 0.3) is 0 Å². The van der Waals surface area contributed by atoms with E-state index in [0.29, 0.717) is 19.6 Å². The molecule has 1 unspecified atom stereocenters. The fourth-order valence-electron chi connectivity index (χ4n) is 2.87. The Kier molecular flexibility index (Phi) is 4.88. The normalized spacial score (nSPS) is 16.0. The molecule has 1 aliphatic rings. The maximum Gasteiger partial charge on any atom is 0.317 e. The Morgan fingerprint density at radius 1 is 1.25 bits per heavy atom. The van der Waals surface area contributed by atoms with E-state index in [1.165, 1.54) is 0 Å². The molecule has 1 atom stereocenters. The molecule has 1 fully saturated rings. The van der Waals surface area contributed by atoms with Crippen molar-refractivity contribution >= 4 is 11.7 Å². The molecule has 0 aliphatic carbocycles. The second kappa shape index (κ2) is 7.25. The van der Waals surface area contributed by atoms with Crippen molar-refractivity contribution < 1.29 is 9.90 Å². The summed E-state index contributed by atoms with van der Waals surface area (Å²) < 4.78 is 1.81. The van der Waals surface area contributed by atoms with Crippen LogP contribution in [0.15, 0.2) is 42.7 Å². The zero-order valence-electron chi connectivity index (χ0n) is 13.8. The third-order valence-corrected chi connectivity index (χ3v) is 4.17. The maximum absolute atomic E-state index is 12.4. The van der Waals surface area contributed by atoms with Crippen molar-refractivity contribution in [3.8, 4) is 5.75 Å². The van der Waals surface area contributed by atoms with E-state index < -0.39 is 0 Å². The number of carbonyl (C=O) groups is 1. The standard InChI is InChI=1S/C17H23N5O2/c1-14(13-22-8-2-7-18-22)19-17(24)21-11-9-20(10-12-21)15-3-5-16(23)6-4-15/h2-8,14,23H,9-13H2,1H3,(H,19,24). The topological polar surface area (TPSA) is 73.6 Å². The van der Waals surface area contributed by atoms with E-state index in [4.69, 9.17) is 0 Å². The number of aromatic nitrogens is 2. The number of hydrogen-bond donors (Lipinski definition) is 2. The SMILES string of the molecule is CC(Cn1cccn1)NC(=O)N1CCN(c2ccc(O)cc2)CC1. The van der Waals surface area contributed by atoms with E-state index in [1.807, 2.05) is 40.9 Å². The molecule has 0 radical (unpaired) electrons. The number of piperazine rings is 1. The summed E-state index contributed by atoms with van der Waals surface area (Å²) in [5, 5.41) is 16.5. The number of rotatable bonds is 4. The van der Waals surface area contributed by atoms with Crippen LogP contribution in [0.1, 0.15) is 6.92 Å². The second-order valence-corrected chi connectivity index (χ2v) is 6.07. The minimum Gasteiger partial charge on any atom is -0.508 e. The highest BCUT2D eigenvalue weighted by Gasteiger charge is 2.22. The number of phenolic OH excluding ortho intramolecular Hbond substituents is 1. The number of urea groups is 1. The average Bonchev–Trinajstić information content (AvgIpc) is 3.08. The third kappa shape index (κ3) is 3.98. The Labute approximate surface area is 141 Å². The van der Waals surface area contributed by atoms with Gasteiger partial charge in [-0.2, -0.15) is 5.10 Å². The monoisotopic (exact) mass is 329 g/mol. The summed E-state index contributed by atoms with van der Waals surface area (Å²) in [5.74, 6) is 0.267. The molecule has 2 N–H and O–H groups in total. The van der Waals surface area contributed by atoms with Crippen LogP contribution in [0, 0.1) is 0 Å². The molecule has 0 saturated carbocycles. The van der Waals surface area contributed by atoms with Crippen LogP contribution >= 0.6 is 0 Å². The fraction of sp³-hybridized carbons (Fsp3) is 0.412. The summed E-state index contributed by atoms with van der Waals surface area (Å²) in [7, 11) is 0. The summed E-state index contributed by atoms with van der Waals surface area (Å²) in [6.45, 7) is 5.57. The molecular weight excluding hydrogens is 306 g/mol. The first-order chi connectivity index (χ1) is 11.6. The second-order valence-electron chi connectivity index (χ2n) is 6.07. The number of carbonyl (C=O) groups excluding carboxylic acids is 1. The van der Waals surface area contributed by atoms with Crippen molar-refractivity contribution in [2.24, 2.45) is 0 Å². The Bertz CT molecular complexity index is 648. The van der Waals surface area contributed by atoms with E-state index in [9.17, 15) is 9.90 Å². The summed E-state index contributed by atoms with van der Waals surface area (Å²) >= 11 is 0. The molecule has 2 amide bonds. The molecular formula is C17H23N5O2. The molecule has 7 nitrogen and oxygen atoms in total. The quantitative estimate of drug-likeness (QED) is 0.892. The lowest BCUT2D eigenvalue weighted by Gasteiger charge is -2.36. The van der Waals surface area contributed by atoms with Gasteiger partial charge in [0.1, 0.15) is 5.75 Å². The number of amides is 2. The van der Waals surface area contributed by atoms with Crippen molar-refractivity contribution in [3.63, 3.8) is 0 Å². The summed E-state index contributed by atoms with van der Waals surface area (Å²) in [4.78, 5) is 16.4. The zero-order chi connectivity index (χ0) is 16.9. The molecule has 3 rings (SSSR count). The summed E-state index contributed by atoms with van der Waals surface area (Å²) in [5.41, 5.74) is 1.07. The van der Waals surface area contributed by atoms with E-state index in [1.54, 1.807) is 18.3 Å². The van der Waals surface area contributed by atoms with E-state index in [2.05, 4.69) is 15.3 Å². The Hall–Kier alpha value is -2.70.